The van der Waals surface area contributed by atoms with E-state index in [0.717, 1.165) is 0 Å². The van der Waals surface area contributed by atoms with Crippen molar-refractivity contribution in [3.63, 3.8) is 0 Å². The van der Waals surface area contributed by atoms with Crippen molar-refractivity contribution < 1.29 is 44.4 Å². The predicted octanol–water partition coefficient (Wildman–Crippen LogP) is -2.40. The quantitative estimate of drug-likeness (QED) is 0.101. The molecule has 0 aromatic heterocycles. The Balaban J connectivity index is 0. The second kappa shape index (κ2) is 18.3. The maximum absolute atomic E-state index is 11.5. The lowest BCUT2D eigenvalue weighted by Crippen LogP contribution is -2.46. The van der Waals surface area contributed by atoms with Crippen LogP contribution in [0.5, 0.6) is 0 Å². The first-order valence-corrected chi connectivity index (χ1v) is 11.6. The number of thiol groups is 2. The van der Waals surface area contributed by atoms with Gasteiger partial charge in [0.2, 0.25) is 17.7 Å². The molecule has 3 unspecified atom stereocenters. The summed E-state index contributed by atoms with van der Waals surface area (Å²) in [5.41, 5.74) is 4.27. The first kappa shape index (κ1) is 34.1. The van der Waals surface area contributed by atoms with E-state index in [9.17, 15) is 29.1 Å². The van der Waals surface area contributed by atoms with E-state index in [0.29, 0.717) is 12.3 Å². The summed E-state index contributed by atoms with van der Waals surface area (Å²) < 4.78 is 0. The summed E-state index contributed by atoms with van der Waals surface area (Å²) in [7, 11) is 0. The fourth-order valence-corrected chi connectivity index (χ4v) is 2.34. The van der Waals surface area contributed by atoms with Crippen LogP contribution in [0.2, 0.25) is 0 Å². The monoisotopic (exact) mass is 528 g/mol. The maximum atomic E-state index is 11.5. The number of aliphatic carboxylic acids is 2. The van der Waals surface area contributed by atoms with E-state index in [1.54, 1.807) is 13.8 Å². The Morgan fingerprint density at radius 3 is 1.97 bits per heavy atom. The normalized spacial score (nSPS) is 13.4. The zero-order chi connectivity index (χ0) is 26.9. The van der Waals surface area contributed by atoms with Gasteiger partial charge in [0.05, 0.1) is 6.61 Å². The summed E-state index contributed by atoms with van der Waals surface area (Å²) in [5, 5.41) is 43.0. The third-order valence-corrected chi connectivity index (χ3v) is 4.89. The second-order valence-electron chi connectivity index (χ2n) is 7.79. The van der Waals surface area contributed by atoms with Crippen LogP contribution in [0, 0.1) is 5.41 Å². The maximum Gasteiger partial charge on any atom is 0.327 e. The molecular weight excluding hydrogens is 492 g/mol. The van der Waals surface area contributed by atoms with E-state index in [1.165, 1.54) is 0 Å². The molecule has 0 aliphatic rings. The van der Waals surface area contributed by atoms with Crippen LogP contribution < -0.4 is 21.7 Å². The molecule has 198 valence electrons. The standard InChI is InChI=1S/C11H22N2O4S.C8H14N2O5S/c1-11(2,7-14)9(16)10(17)13-4-3-8(15)12-5-6-18;9-4(7(12)13)1-2-6(11)10-5(3-16)8(14)15/h9,14,16,18H,3-7H2,1-2H3,(H,12,15)(H,13,17);4-5,16H,1-3,9H2,(H,10,11)(H,12,13)(H,14,15). The number of carboxylic acid groups (broad SMARTS) is 2. The SMILES string of the molecule is CC(C)(CO)C(O)C(=O)NCCC(=O)NCCS.NC(CCC(=O)NC(CS)C(=O)O)C(=O)O. The molecule has 0 aromatic rings. The molecule has 0 saturated heterocycles. The van der Waals surface area contributed by atoms with Crippen LogP contribution in [0.3, 0.4) is 0 Å². The van der Waals surface area contributed by atoms with E-state index >= 15 is 0 Å². The molecule has 3 amide bonds. The summed E-state index contributed by atoms with van der Waals surface area (Å²) in [4.78, 5) is 54.8. The molecule has 0 aliphatic heterocycles. The lowest BCUT2D eigenvalue weighted by atomic mass is 9.87. The molecule has 0 saturated carbocycles. The van der Waals surface area contributed by atoms with E-state index in [4.69, 9.17) is 21.1 Å². The van der Waals surface area contributed by atoms with Crippen molar-refractivity contribution in [2.45, 2.75) is 51.3 Å². The van der Waals surface area contributed by atoms with Crippen molar-refractivity contribution >= 4 is 54.9 Å². The summed E-state index contributed by atoms with van der Waals surface area (Å²) in [6, 6.07) is -2.19. The number of rotatable bonds is 15. The molecule has 3 atom stereocenters. The first-order chi connectivity index (χ1) is 15.7. The molecule has 15 heteroatoms. The highest BCUT2D eigenvalue weighted by Gasteiger charge is 2.32. The molecule has 0 aromatic carbocycles. The average Bonchev–Trinajstić information content (AvgIpc) is 2.78. The molecule has 0 rings (SSSR count). The van der Waals surface area contributed by atoms with Gasteiger partial charge in [-0.2, -0.15) is 25.3 Å². The molecule has 0 radical (unpaired) electrons. The van der Waals surface area contributed by atoms with Gasteiger partial charge in [0.1, 0.15) is 18.2 Å². The zero-order valence-corrected chi connectivity index (χ0v) is 21.0. The lowest BCUT2D eigenvalue weighted by Gasteiger charge is -2.27. The van der Waals surface area contributed by atoms with Gasteiger partial charge in [0.25, 0.3) is 0 Å². The number of aliphatic hydroxyl groups excluding tert-OH is 2. The zero-order valence-electron chi connectivity index (χ0n) is 19.2. The Kier molecular flexibility index (Phi) is 18.3. The van der Waals surface area contributed by atoms with Crippen LogP contribution in [-0.2, 0) is 24.0 Å². The van der Waals surface area contributed by atoms with E-state index in [2.05, 4.69) is 41.2 Å². The van der Waals surface area contributed by atoms with Crippen LogP contribution in [0.25, 0.3) is 0 Å². The van der Waals surface area contributed by atoms with E-state index in [1.807, 2.05) is 0 Å². The molecule has 13 nitrogen and oxygen atoms in total. The number of hydrogen-bond acceptors (Lipinski definition) is 10. The van der Waals surface area contributed by atoms with Crippen molar-refractivity contribution in [3.05, 3.63) is 0 Å². The topological polar surface area (TPSA) is 228 Å². The third kappa shape index (κ3) is 15.7. The summed E-state index contributed by atoms with van der Waals surface area (Å²) in [6.07, 6.45) is -1.33. The van der Waals surface area contributed by atoms with Gasteiger partial charge >= 0.3 is 11.9 Å². The minimum Gasteiger partial charge on any atom is -0.480 e. The Bertz CT molecular complexity index is 680. The van der Waals surface area contributed by atoms with Crippen molar-refractivity contribution in [3.8, 4) is 0 Å². The number of aliphatic hydroxyl groups is 2. The highest BCUT2D eigenvalue weighted by molar-refractivity contribution is 7.80. The Labute approximate surface area is 209 Å². The van der Waals surface area contributed by atoms with Gasteiger partial charge in [-0.15, -0.1) is 0 Å². The highest BCUT2D eigenvalue weighted by atomic mass is 32.1. The molecule has 0 fully saturated rings. The Hall–Kier alpha value is -2.07. The summed E-state index contributed by atoms with van der Waals surface area (Å²) in [6.45, 7) is 3.49. The Morgan fingerprint density at radius 2 is 1.53 bits per heavy atom. The number of carbonyl (C=O) groups excluding carboxylic acids is 3. The van der Waals surface area contributed by atoms with Crippen LogP contribution in [0.4, 0.5) is 0 Å². The molecule has 0 aliphatic carbocycles. The highest BCUT2D eigenvalue weighted by Crippen LogP contribution is 2.19. The molecular formula is C19H36N4O9S2. The van der Waals surface area contributed by atoms with Crippen molar-refractivity contribution in [2.75, 3.05) is 31.2 Å². The van der Waals surface area contributed by atoms with Crippen LogP contribution in [-0.4, -0.2) is 99.5 Å². The Morgan fingerprint density at radius 1 is 0.941 bits per heavy atom. The number of carboxylic acids is 2. The molecule has 0 spiro atoms. The number of nitrogens with one attached hydrogen (secondary N) is 3. The largest absolute Gasteiger partial charge is 0.480 e. The number of amides is 3. The first-order valence-electron chi connectivity index (χ1n) is 10.3. The lowest BCUT2D eigenvalue weighted by molar-refractivity contribution is -0.141. The van der Waals surface area contributed by atoms with Gasteiger partial charge in [-0.1, -0.05) is 13.8 Å². The number of carbonyl (C=O) groups is 5. The number of nitrogens with two attached hydrogens (primary N) is 1. The molecule has 0 bridgehead atoms. The van der Waals surface area contributed by atoms with Gasteiger partial charge in [-0.25, -0.2) is 4.79 Å². The third-order valence-electron chi connectivity index (χ3n) is 4.30. The van der Waals surface area contributed by atoms with E-state index < -0.39 is 47.4 Å². The fourth-order valence-electron chi connectivity index (χ4n) is 1.98. The van der Waals surface area contributed by atoms with Gasteiger partial charge in [-0.05, 0) is 6.42 Å². The van der Waals surface area contributed by atoms with Gasteiger partial charge in [0, 0.05) is 42.9 Å². The summed E-state index contributed by atoms with van der Waals surface area (Å²) in [5.74, 6) is -3.19. The molecule has 9 N–H and O–H groups in total. The molecule has 34 heavy (non-hydrogen) atoms. The molecule has 0 heterocycles. The smallest absolute Gasteiger partial charge is 0.327 e. The minimum atomic E-state index is -1.30. The van der Waals surface area contributed by atoms with Gasteiger partial charge in [0.15, 0.2) is 0 Å². The van der Waals surface area contributed by atoms with Crippen LogP contribution in [0.15, 0.2) is 0 Å². The fraction of sp³-hybridized carbons (Fsp3) is 0.737. The van der Waals surface area contributed by atoms with E-state index in [-0.39, 0.29) is 44.1 Å². The van der Waals surface area contributed by atoms with Crippen molar-refractivity contribution in [1.29, 1.82) is 0 Å². The van der Waals surface area contributed by atoms with Crippen molar-refractivity contribution in [1.82, 2.24) is 16.0 Å². The van der Waals surface area contributed by atoms with Gasteiger partial charge < -0.3 is 42.1 Å². The number of hydrogen-bond donors (Lipinski definition) is 10. The van der Waals surface area contributed by atoms with Crippen LogP contribution in [0.1, 0.15) is 33.1 Å². The minimum absolute atomic E-state index is 0.0357. The summed E-state index contributed by atoms with van der Waals surface area (Å²) >= 11 is 7.70. The predicted molar refractivity (Wildman–Crippen MR) is 130 cm³/mol. The van der Waals surface area contributed by atoms with Gasteiger partial charge in [-0.3, -0.25) is 19.2 Å². The van der Waals surface area contributed by atoms with Crippen LogP contribution >= 0.6 is 25.3 Å². The van der Waals surface area contributed by atoms with Crippen molar-refractivity contribution in [2.24, 2.45) is 11.1 Å². The average molecular weight is 529 g/mol. The second-order valence-corrected chi connectivity index (χ2v) is 8.60.